The van der Waals surface area contributed by atoms with Crippen molar-refractivity contribution in [2.75, 3.05) is 5.32 Å². The van der Waals surface area contributed by atoms with Gasteiger partial charge < -0.3 is 5.32 Å². The second-order valence-corrected chi connectivity index (χ2v) is 7.33. The van der Waals surface area contributed by atoms with Gasteiger partial charge in [-0.25, -0.2) is 9.97 Å². The fourth-order valence-corrected chi connectivity index (χ4v) is 3.62. The van der Waals surface area contributed by atoms with Crippen LogP contribution < -0.4 is 10.9 Å². The SMILES string of the molecule is C#CC(Nc1nc(C)nc2c1cc(Br)c(=O)n2C)c1cccc(C(F)(F)F)c1C. The Balaban J connectivity index is 2.16. The number of halogens is 4. The minimum atomic E-state index is -4.49. The van der Waals surface area contributed by atoms with Gasteiger partial charge in [-0.2, -0.15) is 13.2 Å². The largest absolute Gasteiger partial charge is 0.416 e. The van der Waals surface area contributed by atoms with E-state index in [1.807, 2.05) is 0 Å². The van der Waals surface area contributed by atoms with Crippen LogP contribution in [0, 0.1) is 26.2 Å². The molecule has 5 nitrogen and oxygen atoms in total. The van der Waals surface area contributed by atoms with Gasteiger partial charge in [-0.3, -0.25) is 9.36 Å². The van der Waals surface area contributed by atoms with Gasteiger partial charge in [0.15, 0.2) is 0 Å². The number of anilines is 1. The summed E-state index contributed by atoms with van der Waals surface area (Å²) in [5, 5.41) is 3.54. The number of aryl methyl sites for hydroxylation is 2. The van der Waals surface area contributed by atoms with Crippen molar-refractivity contribution in [3.8, 4) is 12.3 Å². The normalized spacial score (nSPS) is 12.6. The molecule has 9 heteroatoms. The maximum absolute atomic E-state index is 13.3. The summed E-state index contributed by atoms with van der Waals surface area (Å²) in [6.07, 6.45) is 1.16. The number of benzene rings is 1. The molecule has 3 aromatic rings. The van der Waals surface area contributed by atoms with Gasteiger partial charge in [0, 0.05) is 7.05 Å². The van der Waals surface area contributed by atoms with Crippen LogP contribution in [-0.2, 0) is 13.2 Å². The van der Waals surface area contributed by atoms with Gasteiger partial charge in [0.2, 0.25) is 0 Å². The molecule has 0 aliphatic carbocycles. The van der Waals surface area contributed by atoms with E-state index in [-0.39, 0.29) is 11.1 Å². The van der Waals surface area contributed by atoms with E-state index < -0.39 is 17.8 Å². The van der Waals surface area contributed by atoms with Gasteiger partial charge in [-0.05, 0) is 53.0 Å². The van der Waals surface area contributed by atoms with Crippen LogP contribution >= 0.6 is 15.9 Å². The fraction of sp³-hybridized carbons (Fsp3) is 0.250. The number of pyridine rings is 1. The quantitative estimate of drug-likeness (QED) is 0.579. The first-order valence-corrected chi connectivity index (χ1v) is 9.27. The molecule has 2 heterocycles. The summed E-state index contributed by atoms with van der Waals surface area (Å²) in [6.45, 7) is 3.03. The van der Waals surface area contributed by atoms with Crippen LogP contribution in [0.2, 0.25) is 0 Å². The monoisotopic (exact) mass is 464 g/mol. The Kier molecular flexibility index (Phi) is 5.41. The molecule has 150 valence electrons. The van der Waals surface area contributed by atoms with Crippen molar-refractivity contribution in [2.45, 2.75) is 26.1 Å². The molecule has 0 fully saturated rings. The molecule has 2 aromatic heterocycles. The molecular formula is C20H16BrF3N4O. The fourth-order valence-electron chi connectivity index (χ4n) is 3.13. The number of terminal acetylenes is 1. The lowest BCUT2D eigenvalue weighted by Crippen LogP contribution is -2.20. The van der Waals surface area contributed by atoms with Crippen LogP contribution in [0.15, 0.2) is 33.5 Å². The Morgan fingerprint density at radius 3 is 2.59 bits per heavy atom. The lowest BCUT2D eigenvalue weighted by atomic mass is 9.96. The summed E-state index contributed by atoms with van der Waals surface area (Å²) < 4.78 is 41.5. The molecule has 0 saturated heterocycles. The number of hydrogen-bond donors (Lipinski definition) is 1. The molecule has 0 aliphatic heterocycles. The van der Waals surface area contributed by atoms with Crippen LogP contribution in [0.3, 0.4) is 0 Å². The van der Waals surface area contributed by atoms with Crippen LogP contribution in [-0.4, -0.2) is 14.5 Å². The molecule has 0 bridgehead atoms. The summed E-state index contributed by atoms with van der Waals surface area (Å²) in [5.41, 5.74) is -0.283. The van der Waals surface area contributed by atoms with Crippen LogP contribution in [0.1, 0.15) is 28.6 Å². The Hall–Kier alpha value is -2.86. The van der Waals surface area contributed by atoms with E-state index >= 15 is 0 Å². The van der Waals surface area contributed by atoms with E-state index in [9.17, 15) is 18.0 Å². The van der Waals surface area contributed by atoms with Crippen LogP contribution in [0.5, 0.6) is 0 Å². The number of hydrogen-bond acceptors (Lipinski definition) is 4. The molecule has 1 N–H and O–H groups in total. The zero-order valence-corrected chi connectivity index (χ0v) is 17.3. The van der Waals surface area contributed by atoms with Gasteiger partial charge in [0.25, 0.3) is 5.56 Å². The lowest BCUT2D eigenvalue weighted by Gasteiger charge is -2.20. The van der Waals surface area contributed by atoms with E-state index in [0.29, 0.717) is 32.7 Å². The first-order valence-electron chi connectivity index (χ1n) is 8.47. The van der Waals surface area contributed by atoms with Crippen molar-refractivity contribution in [1.29, 1.82) is 0 Å². The Morgan fingerprint density at radius 1 is 1.28 bits per heavy atom. The van der Waals surface area contributed by atoms with Crippen LogP contribution in [0.25, 0.3) is 11.0 Å². The zero-order valence-electron chi connectivity index (χ0n) is 15.7. The van der Waals surface area contributed by atoms with Gasteiger partial charge in [-0.15, -0.1) is 6.42 Å². The summed E-state index contributed by atoms with van der Waals surface area (Å²) in [4.78, 5) is 20.8. The molecule has 1 aromatic carbocycles. The molecule has 0 aliphatic rings. The Labute approximate surface area is 173 Å². The first kappa shape index (κ1) is 20.9. The Bertz CT molecular complexity index is 1210. The second kappa shape index (κ2) is 7.52. The molecule has 1 atom stereocenters. The highest BCUT2D eigenvalue weighted by atomic mass is 79.9. The number of alkyl halides is 3. The predicted molar refractivity (Wildman–Crippen MR) is 109 cm³/mol. The predicted octanol–water partition coefficient (Wildman–Crippen LogP) is 4.51. The summed E-state index contributed by atoms with van der Waals surface area (Å²) in [5.74, 6) is 3.20. The summed E-state index contributed by atoms with van der Waals surface area (Å²) >= 11 is 3.21. The van der Waals surface area contributed by atoms with Crippen molar-refractivity contribution in [1.82, 2.24) is 14.5 Å². The van der Waals surface area contributed by atoms with Gasteiger partial charge in [-0.1, -0.05) is 18.1 Å². The zero-order chi connectivity index (χ0) is 21.5. The second-order valence-electron chi connectivity index (χ2n) is 6.47. The van der Waals surface area contributed by atoms with Crippen LogP contribution in [0.4, 0.5) is 19.0 Å². The van der Waals surface area contributed by atoms with E-state index in [0.717, 1.165) is 6.07 Å². The third kappa shape index (κ3) is 3.85. The third-order valence-corrected chi connectivity index (χ3v) is 5.14. The first-order chi connectivity index (χ1) is 13.5. The van der Waals surface area contributed by atoms with Gasteiger partial charge >= 0.3 is 6.18 Å². The molecule has 0 saturated carbocycles. The molecule has 1 unspecified atom stereocenters. The minimum Gasteiger partial charge on any atom is -0.352 e. The Morgan fingerprint density at radius 2 is 1.97 bits per heavy atom. The van der Waals surface area contributed by atoms with E-state index in [4.69, 9.17) is 6.42 Å². The number of nitrogens with one attached hydrogen (secondary N) is 1. The molecular weight excluding hydrogens is 449 g/mol. The summed E-state index contributed by atoms with van der Waals surface area (Å²) in [7, 11) is 1.57. The molecule has 0 radical (unpaired) electrons. The molecule has 3 rings (SSSR count). The smallest absolute Gasteiger partial charge is 0.352 e. The number of rotatable bonds is 3. The molecule has 0 spiro atoms. The van der Waals surface area contributed by atoms with Crippen molar-refractivity contribution in [2.24, 2.45) is 7.05 Å². The average Bonchev–Trinajstić information content (AvgIpc) is 2.64. The minimum absolute atomic E-state index is 0.0408. The summed E-state index contributed by atoms with van der Waals surface area (Å²) in [6, 6.07) is 4.58. The highest BCUT2D eigenvalue weighted by Crippen LogP contribution is 2.35. The number of fused-ring (bicyclic) bond motifs is 1. The van der Waals surface area contributed by atoms with E-state index in [1.54, 1.807) is 26.1 Å². The number of nitrogens with zero attached hydrogens (tertiary/aromatic N) is 3. The molecule has 29 heavy (non-hydrogen) atoms. The van der Waals surface area contributed by atoms with Crippen molar-refractivity contribution >= 4 is 32.8 Å². The highest BCUT2D eigenvalue weighted by molar-refractivity contribution is 9.10. The van der Waals surface area contributed by atoms with E-state index in [2.05, 4.69) is 37.1 Å². The van der Waals surface area contributed by atoms with Gasteiger partial charge in [0.05, 0.1) is 15.4 Å². The maximum Gasteiger partial charge on any atom is 0.416 e. The van der Waals surface area contributed by atoms with Gasteiger partial charge in [0.1, 0.15) is 23.3 Å². The standard InChI is InChI=1S/C20H16BrF3N4O/c1-5-16(12-7-6-8-14(10(12)2)20(22,23)24)27-17-13-9-15(21)19(29)28(4)18(13)26-11(3)25-17/h1,6-9,16H,2-4H3,(H,25,26,27). The highest BCUT2D eigenvalue weighted by Gasteiger charge is 2.33. The van der Waals surface area contributed by atoms with E-state index in [1.165, 1.54) is 17.6 Å². The maximum atomic E-state index is 13.3. The average molecular weight is 465 g/mol. The van der Waals surface area contributed by atoms with Crippen molar-refractivity contribution in [3.63, 3.8) is 0 Å². The van der Waals surface area contributed by atoms with Crippen molar-refractivity contribution in [3.05, 3.63) is 61.6 Å². The number of aromatic nitrogens is 3. The topological polar surface area (TPSA) is 59.8 Å². The molecule has 0 amide bonds. The van der Waals surface area contributed by atoms with Crippen molar-refractivity contribution < 1.29 is 13.2 Å². The lowest BCUT2D eigenvalue weighted by molar-refractivity contribution is -0.138. The third-order valence-electron chi connectivity index (χ3n) is 4.57.